The van der Waals surface area contributed by atoms with Crippen LogP contribution >= 0.6 is 0 Å². The third-order valence-electron chi connectivity index (χ3n) is 3.11. The standard InChI is InChI=1S/C16H22N4O/c1-4-20(10-13-7-5-6-8-14(13)17)15-9-16(19-11-18-15)21-12(2)3/h5-9,11-12H,4,10,17H2,1-3H3. The van der Waals surface area contributed by atoms with E-state index in [0.717, 1.165) is 23.6 Å². The molecule has 0 saturated carbocycles. The maximum atomic E-state index is 6.01. The second kappa shape index (κ2) is 6.92. The van der Waals surface area contributed by atoms with Gasteiger partial charge in [-0.2, -0.15) is 0 Å². The minimum atomic E-state index is 0.0904. The molecule has 0 aliphatic heterocycles. The summed E-state index contributed by atoms with van der Waals surface area (Å²) in [5.74, 6) is 1.43. The first-order chi connectivity index (χ1) is 10.1. The Labute approximate surface area is 125 Å². The van der Waals surface area contributed by atoms with Crippen LogP contribution < -0.4 is 15.4 Å². The highest BCUT2D eigenvalue weighted by atomic mass is 16.5. The fourth-order valence-corrected chi connectivity index (χ4v) is 2.05. The molecule has 5 nitrogen and oxygen atoms in total. The molecule has 0 spiro atoms. The van der Waals surface area contributed by atoms with Crippen LogP contribution in [0.3, 0.4) is 0 Å². The lowest BCUT2D eigenvalue weighted by Gasteiger charge is -2.23. The lowest BCUT2D eigenvalue weighted by Crippen LogP contribution is -2.24. The van der Waals surface area contributed by atoms with Gasteiger partial charge in [0.25, 0.3) is 0 Å². The summed E-state index contributed by atoms with van der Waals surface area (Å²) in [6.07, 6.45) is 1.62. The van der Waals surface area contributed by atoms with Gasteiger partial charge in [0.2, 0.25) is 5.88 Å². The van der Waals surface area contributed by atoms with Gasteiger partial charge in [0, 0.05) is 24.8 Å². The Hall–Kier alpha value is -2.30. The van der Waals surface area contributed by atoms with Gasteiger partial charge in [0.1, 0.15) is 12.1 Å². The average molecular weight is 286 g/mol. The molecule has 0 radical (unpaired) electrons. The first-order valence-corrected chi connectivity index (χ1v) is 7.17. The predicted molar refractivity (Wildman–Crippen MR) is 85.4 cm³/mol. The van der Waals surface area contributed by atoms with Gasteiger partial charge in [0.15, 0.2) is 0 Å². The van der Waals surface area contributed by atoms with Gasteiger partial charge < -0.3 is 15.4 Å². The van der Waals surface area contributed by atoms with Crippen LogP contribution in [0, 0.1) is 0 Å². The van der Waals surface area contributed by atoms with E-state index in [4.69, 9.17) is 10.5 Å². The third-order valence-corrected chi connectivity index (χ3v) is 3.11. The van der Waals surface area contributed by atoms with Crippen LogP contribution in [0.4, 0.5) is 11.5 Å². The summed E-state index contributed by atoms with van der Waals surface area (Å²) in [7, 11) is 0. The minimum absolute atomic E-state index is 0.0904. The molecule has 0 aliphatic rings. The van der Waals surface area contributed by atoms with Crippen molar-refractivity contribution in [2.75, 3.05) is 17.2 Å². The van der Waals surface area contributed by atoms with Crippen molar-refractivity contribution in [3.05, 3.63) is 42.2 Å². The molecule has 21 heavy (non-hydrogen) atoms. The van der Waals surface area contributed by atoms with Crippen LogP contribution in [0.15, 0.2) is 36.7 Å². The largest absolute Gasteiger partial charge is 0.475 e. The van der Waals surface area contributed by atoms with Crippen molar-refractivity contribution in [3.8, 4) is 5.88 Å². The molecule has 0 bridgehead atoms. The Balaban J connectivity index is 2.19. The summed E-state index contributed by atoms with van der Waals surface area (Å²) in [4.78, 5) is 10.6. The van der Waals surface area contributed by atoms with Crippen LogP contribution in [0.25, 0.3) is 0 Å². The van der Waals surface area contributed by atoms with Gasteiger partial charge in [-0.1, -0.05) is 18.2 Å². The summed E-state index contributed by atoms with van der Waals surface area (Å²) in [5, 5.41) is 0. The number of ether oxygens (including phenoxy) is 1. The van der Waals surface area contributed by atoms with Gasteiger partial charge in [-0.15, -0.1) is 0 Å². The Morgan fingerprint density at radius 2 is 2.00 bits per heavy atom. The monoisotopic (exact) mass is 286 g/mol. The van der Waals surface area contributed by atoms with Gasteiger partial charge in [-0.3, -0.25) is 0 Å². The second-order valence-electron chi connectivity index (χ2n) is 5.09. The normalized spacial score (nSPS) is 10.7. The van der Waals surface area contributed by atoms with Crippen LogP contribution in [0.2, 0.25) is 0 Å². The number of para-hydroxylation sites is 1. The smallest absolute Gasteiger partial charge is 0.218 e. The van der Waals surface area contributed by atoms with Crippen molar-refractivity contribution in [2.45, 2.75) is 33.4 Å². The summed E-state index contributed by atoms with van der Waals surface area (Å²) in [6.45, 7) is 7.58. The summed E-state index contributed by atoms with van der Waals surface area (Å²) in [5.41, 5.74) is 7.90. The predicted octanol–water partition coefficient (Wildman–Crippen LogP) is 2.87. The van der Waals surface area contributed by atoms with Crippen molar-refractivity contribution >= 4 is 11.5 Å². The van der Waals surface area contributed by atoms with E-state index in [1.807, 2.05) is 44.2 Å². The van der Waals surface area contributed by atoms with Crippen molar-refractivity contribution in [2.24, 2.45) is 0 Å². The van der Waals surface area contributed by atoms with Crippen LogP contribution in [-0.4, -0.2) is 22.6 Å². The molecule has 0 aliphatic carbocycles. The van der Waals surface area contributed by atoms with E-state index in [1.54, 1.807) is 0 Å². The molecule has 2 aromatic rings. The third kappa shape index (κ3) is 4.08. The Kier molecular flexibility index (Phi) is 4.98. The molecule has 0 amide bonds. The zero-order valence-electron chi connectivity index (χ0n) is 12.8. The molecule has 2 rings (SSSR count). The molecule has 1 heterocycles. The van der Waals surface area contributed by atoms with Crippen LogP contribution in [0.5, 0.6) is 5.88 Å². The first-order valence-electron chi connectivity index (χ1n) is 7.17. The molecule has 2 N–H and O–H groups in total. The number of aromatic nitrogens is 2. The molecule has 0 atom stereocenters. The molecule has 112 valence electrons. The van der Waals surface area contributed by atoms with E-state index in [1.165, 1.54) is 6.33 Å². The molecule has 0 saturated heterocycles. The lowest BCUT2D eigenvalue weighted by molar-refractivity contribution is 0.232. The number of rotatable bonds is 6. The number of nitrogen functional groups attached to an aromatic ring is 1. The highest BCUT2D eigenvalue weighted by Crippen LogP contribution is 2.20. The molecule has 0 fully saturated rings. The number of nitrogens with two attached hydrogens (primary N) is 1. The van der Waals surface area contributed by atoms with Crippen molar-refractivity contribution in [1.29, 1.82) is 0 Å². The van der Waals surface area contributed by atoms with Gasteiger partial charge in [-0.25, -0.2) is 9.97 Å². The Bertz CT molecular complexity index is 586. The zero-order valence-corrected chi connectivity index (χ0v) is 12.8. The van der Waals surface area contributed by atoms with Gasteiger partial charge in [-0.05, 0) is 32.4 Å². The lowest BCUT2D eigenvalue weighted by atomic mass is 10.1. The van der Waals surface area contributed by atoms with E-state index >= 15 is 0 Å². The minimum Gasteiger partial charge on any atom is -0.475 e. The number of nitrogens with zero attached hydrogens (tertiary/aromatic N) is 3. The van der Waals surface area contributed by atoms with E-state index in [2.05, 4.69) is 21.8 Å². The van der Waals surface area contributed by atoms with Crippen LogP contribution in [0.1, 0.15) is 26.3 Å². The van der Waals surface area contributed by atoms with Crippen molar-refractivity contribution in [1.82, 2.24) is 9.97 Å². The SMILES string of the molecule is CCN(Cc1ccccc1N)c1cc(OC(C)C)ncn1. The van der Waals surface area contributed by atoms with Crippen LogP contribution in [-0.2, 0) is 6.54 Å². The first kappa shape index (κ1) is 15.1. The molecule has 1 aromatic heterocycles. The summed E-state index contributed by atoms with van der Waals surface area (Å²) in [6, 6.07) is 9.74. The number of hydrogen-bond donors (Lipinski definition) is 1. The van der Waals surface area contributed by atoms with E-state index in [-0.39, 0.29) is 6.10 Å². The fourth-order valence-electron chi connectivity index (χ4n) is 2.05. The fraction of sp³-hybridized carbons (Fsp3) is 0.375. The maximum absolute atomic E-state index is 6.01. The maximum Gasteiger partial charge on any atom is 0.218 e. The van der Waals surface area contributed by atoms with E-state index in [0.29, 0.717) is 12.4 Å². The highest BCUT2D eigenvalue weighted by molar-refractivity contribution is 5.50. The van der Waals surface area contributed by atoms with Crippen molar-refractivity contribution in [3.63, 3.8) is 0 Å². The second-order valence-corrected chi connectivity index (χ2v) is 5.09. The van der Waals surface area contributed by atoms with E-state index in [9.17, 15) is 0 Å². The molecular weight excluding hydrogens is 264 g/mol. The van der Waals surface area contributed by atoms with Gasteiger partial charge >= 0.3 is 0 Å². The van der Waals surface area contributed by atoms with E-state index < -0.39 is 0 Å². The Morgan fingerprint density at radius 3 is 2.67 bits per heavy atom. The van der Waals surface area contributed by atoms with Gasteiger partial charge in [0.05, 0.1) is 6.10 Å². The zero-order chi connectivity index (χ0) is 15.2. The number of benzene rings is 1. The van der Waals surface area contributed by atoms with Crippen molar-refractivity contribution < 1.29 is 4.74 Å². The topological polar surface area (TPSA) is 64.3 Å². The summed E-state index contributed by atoms with van der Waals surface area (Å²) < 4.78 is 5.62. The molecule has 0 unspecified atom stereocenters. The summed E-state index contributed by atoms with van der Waals surface area (Å²) >= 11 is 0. The molecule has 5 heteroatoms. The molecular formula is C16H22N4O. The Morgan fingerprint density at radius 1 is 1.24 bits per heavy atom. The number of anilines is 2. The number of hydrogen-bond acceptors (Lipinski definition) is 5. The highest BCUT2D eigenvalue weighted by Gasteiger charge is 2.10. The molecule has 1 aromatic carbocycles. The average Bonchev–Trinajstić information content (AvgIpc) is 2.46. The quantitative estimate of drug-likeness (QED) is 0.827.